The molecule has 0 radical (unpaired) electrons. The lowest BCUT2D eigenvalue weighted by atomic mass is 10.1. The molecule has 100 valence electrons. The number of aromatic carboxylic acids is 1. The van der Waals surface area contributed by atoms with Crippen LogP contribution < -0.4 is 15.0 Å². The number of methoxy groups -OCH3 is 1. The lowest BCUT2D eigenvalue weighted by Crippen LogP contribution is -2.49. The smallest absolute Gasteiger partial charge is 0.335 e. The number of carboxylic acids is 1. The highest BCUT2D eigenvalue weighted by atomic mass is 16.5. The first-order chi connectivity index (χ1) is 9.01. The van der Waals surface area contributed by atoms with E-state index in [1.54, 1.807) is 6.07 Å². The van der Waals surface area contributed by atoms with Crippen LogP contribution in [0, 0.1) is 0 Å². The van der Waals surface area contributed by atoms with E-state index in [4.69, 9.17) is 9.84 Å². The Morgan fingerprint density at radius 1 is 1.37 bits per heavy atom. The largest absolute Gasteiger partial charge is 0.497 e. The van der Waals surface area contributed by atoms with Crippen molar-refractivity contribution in [2.75, 3.05) is 18.6 Å². The number of amides is 3. The van der Waals surface area contributed by atoms with Gasteiger partial charge in [0.1, 0.15) is 5.75 Å². The van der Waals surface area contributed by atoms with Crippen molar-refractivity contribution < 1.29 is 24.2 Å². The molecule has 0 aliphatic carbocycles. The quantitative estimate of drug-likeness (QED) is 0.843. The second kappa shape index (κ2) is 4.97. The number of hydrogen-bond acceptors (Lipinski definition) is 4. The standard InChI is InChI=1S/C12H12N2O5/c1-19-9-5-7(11(16)17)4-8(6-9)14-3-2-10(15)13-12(14)18/h4-6H,2-3H2,1H3,(H,16,17)(H,13,15,18). The summed E-state index contributed by atoms with van der Waals surface area (Å²) in [5.41, 5.74) is 0.390. The third-order valence-electron chi connectivity index (χ3n) is 2.74. The molecular weight excluding hydrogens is 252 g/mol. The molecule has 19 heavy (non-hydrogen) atoms. The fourth-order valence-corrected chi connectivity index (χ4v) is 1.79. The van der Waals surface area contributed by atoms with Gasteiger partial charge in [0.2, 0.25) is 5.91 Å². The third-order valence-corrected chi connectivity index (χ3v) is 2.74. The van der Waals surface area contributed by atoms with E-state index >= 15 is 0 Å². The number of imide groups is 1. The van der Waals surface area contributed by atoms with E-state index in [0.717, 1.165) is 0 Å². The molecule has 3 amide bonds. The maximum atomic E-state index is 11.7. The molecule has 7 nitrogen and oxygen atoms in total. The van der Waals surface area contributed by atoms with Gasteiger partial charge in [0, 0.05) is 24.7 Å². The number of hydrogen-bond donors (Lipinski definition) is 2. The molecule has 0 atom stereocenters. The highest BCUT2D eigenvalue weighted by molar-refractivity contribution is 6.06. The van der Waals surface area contributed by atoms with Crippen molar-refractivity contribution in [2.45, 2.75) is 6.42 Å². The molecule has 1 aliphatic heterocycles. The molecule has 2 rings (SSSR count). The number of nitrogens with one attached hydrogen (secondary N) is 1. The van der Waals surface area contributed by atoms with Gasteiger partial charge in [-0.3, -0.25) is 15.0 Å². The van der Waals surface area contributed by atoms with Crippen molar-refractivity contribution in [1.29, 1.82) is 0 Å². The van der Waals surface area contributed by atoms with Gasteiger partial charge in [-0.15, -0.1) is 0 Å². The van der Waals surface area contributed by atoms with E-state index in [0.29, 0.717) is 11.4 Å². The van der Waals surface area contributed by atoms with Crippen LogP contribution in [0.25, 0.3) is 0 Å². The SMILES string of the molecule is COc1cc(C(=O)O)cc(N2CCC(=O)NC2=O)c1. The molecule has 1 aliphatic rings. The molecule has 1 fully saturated rings. The minimum atomic E-state index is -1.12. The van der Waals surface area contributed by atoms with E-state index in [1.165, 1.54) is 24.1 Å². The van der Waals surface area contributed by atoms with Crippen LogP contribution in [-0.2, 0) is 4.79 Å². The number of carboxylic acid groups (broad SMARTS) is 1. The number of anilines is 1. The third kappa shape index (κ3) is 2.65. The lowest BCUT2D eigenvalue weighted by Gasteiger charge is -2.27. The van der Waals surface area contributed by atoms with Crippen molar-refractivity contribution in [3.8, 4) is 5.75 Å². The monoisotopic (exact) mass is 264 g/mol. The van der Waals surface area contributed by atoms with E-state index in [2.05, 4.69) is 5.32 Å². The Labute approximate surface area is 108 Å². The summed E-state index contributed by atoms with van der Waals surface area (Å²) in [5, 5.41) is 11.2. The van der Waals surface area contributed by atoms with Crippen molar-refractivity contribution in [1.82, 2.24) is 5.32 Å². The topological polar surface area (TPSA) is 95.9 Å². The molecule has 1 heterocycles. The normalized spacial score (nSPS) is 15.1. The maximum Gasteiger partial charge on any atom is 0.335 e. The first-order valence-electron chi connectivity index (χ1n) is 5.55. The van der Waals surface area contributed by atoms with E-state index < -0.39 is 12.0 Å². The molecule has 0 unspecified atom stereocenters. The number of benzene rings is 1. The second-order valence-corrected chi connectivity index (χ2v) is 3.98. The number of ether oxygens (including phenoxy) is 1. The average molecular weight is 264 g/mol. The first-order valence-corrected chi connectivity index (χ1v) is 5.55. The van der Waals surface area contributed by atoms with Crippen molar-refractivity contribution in [3.63, 3.8) is 0 Å². The molecule has 1 aromatic rings. The van der Waals surface area contributed by atoms with E-state index in [-0.39, 0.29) is 24.4 Å². The average Bonchev–Trinajstić information content (AvgIpc) is 2.38. The molecule has 0 spiro atoms. The van der Waals surface area contributed by atoms with Crippen molar-refractivity contribution in [3.05, 3.63) is 23.8 Å². The summed E-state index contributed by atoms with van der Waals surface area (Å²) in [7, 11) is 1.41. The Morgan fingerprint density at radius 2 is 2.11 bits per heavy atom. The van der Waals surface area contributed by atoms with Crippen LogP contribution in [-0.4, -0.2) is 36.7 Å². The molecular formula is C12H12N2O5. The van der Waals surface area contributed by atoms with Crippen LogP contribution >= 0.6 is 0 Å². The molecule has 1 saturated heterocycles. The predicted molar refractivity (Wildman–Crippen MR) is 65.5 cm³/mol. The van der Waals surface area contributed by atoms with Crippen LogP contribution in [0.1, 0.15) is 16.8 Å². The van der Waals surface area contributed by atoms with Crippen molar-refractivity contribution in [2.24, 2.45) is 0 Å². The summed E-state index contributed by atoms with van der Waals surface area (Å²) < 4.78 is 5.00. The highest BCUT2D eigenvalue weighted by Crippen LogP contribution is 2.25. The first kappa shape index (κ1) is 12.9. The maximum absolute atomic E-state index is 11.7. The lowest BCUT2D eigenvalue weighted by molar-refractivity contribution is -0.120. The molecule has 1 aromatic carbocycles. The zero-order valence-corrected chi connectivity index (χ0v) is 10.2. The van der Waals surface area contributed by atoms with E-state index in [1.807, 2.05) is 0 Å². The van der Waals surface area contributed by atoms with Gasteiger partial charge in [-0.2, -0.15) is 0 Å². The zero-order chi connectivity index (χ0) is 14.0. The number of carbonyl (C=O) groups excluding carboxylic acids is 2. The molecule has 0 saturated carbocycles. The zero-order valence-electron chi connectivity index (χ0n) is 10.2. The summed E-state index contributed by atoms with van der Waals surface area (Å²) in [6.07, 6.45) is 0.172. The number of nitrogens with zero attached hydrogens (tertiary/aromatic N) is 1. The van der Waals surface area contributed by atoms with Crippen LogP contribution in [0.5, 0.6) is 5.75 Å². The van der Waals surface area contributed by atoms with Crippen molar-refractivity contribution >= 4 is 23.6 Å². The highest BCUT2D eigenvalue weighted by Gasteiger charge is 2.25. The Hall–Kier alpha value is -2.57. The van der Waals surface area contributed by atoms with Gasteiger partial charge < -0.3 is 9.84 Å². The van der Waals surface area contributed by atoms with Gasteiger partial charge in [0.15, 0.2) is 0 Å². The fraction of sp³-hybridized carbons (Fsp3) is 0.250. The van der Waals surface area contributed by atoms with Gasteiger partial charge in [-0.25, -0.2) is 9.59 Å². The fourth-order valence-electron chi connectivity index (χ4n) is 1.79. The molecule has 0 aromatic heterocycles. The number of rotatable bonds is 3. The van der Waals surface area contributed by atoms with Gasteiger partial charge >= 0.3 is 12.0 Å². The molecule has 0 bridgehead atoms. The minimum Gasteiger partial charge on any atom is -0.497 e. The summed E-state index contributed by atoms with van der Waals surface area (Å²) >= 11 is 0. The number of urea groups is 1. The molecule has 2 N–H and O–H groups in total. The van der Waals surface area contributed by atoms with Gasteiger partial charge in [-0.1, -0.05) is 0 Å². The Balaban J connectivity index is 2.38. The van der Waals surface area contributed by atoms with Crippen LogP contribution in [0.4, 0.5) is 10.5 Å². The second-order valence-electron chi connectivity index (χ2n) is 3.98. The molecule has 7 heteroatoms. The van der Waals surface area contributed by atoms with E-state index in [9.17, 15) is 14.4 Å². The Kier molecular flexibility index (Phi) is 3.37. The van der Waals surface area contributed by atoms with Crippen LogP contribution in [0.3, 0.4) is 0 Å². The summed E-state index contributed by atoms with van der Waals surface area (Å²) in [6, 6.07) is 3.70. The predicted octanol–water partition coefficient (Wildman–Crippen LogP) is 0.840. The Morgan fingerprint density at radius 3 is 2.68 bits per heavy atom. The summed E-state index contributed by atoms with van der Waals surface area (Å²) in [5.74, 6) is -1.13. The minimum absolute atomic E-state index is 0.0130. The van der Waals surface area contributed by atoms with Crippen LogP contribution in [0.15, 0.2) is 18.2 Å². The summed E-state index contributed by atoms with van der Waals surface area (Å²) in [4.78, 5) is 35.1. The van der Waals surface area contributed by atoms with Gasteiger partial charge in [0.05, 0.1) is 12.7 Å². The van der Waals surface area contributed by atoms with Crippen LogP contribution in [0.2, 0.25) is 0 Å². The summed E-state index contributed by atoms with van der Waals surface area (Å²) in [6.45, 7) is 0.205. The van der Waals surface area contributed by atoms with Gasteiger partial charge in [0.25, 0.3) is 0 Å². The Bertz CT molecular complexity index is 555. The number of carbonyl (C=O) groups is 3. The van der Waals surface area contributed by atoms with Gasteiger partial charge in [-0.05, 0) is 12.1 Å².